The number of aromatic amines is 1. The number of rotatable bonds is 4. The standard InChI is InChI=1S/C20H25N5O2/c26-20-21-16-7-3-4-8-17(16)25(20)15-9-11-24(12-10-15)13-18-22-19(23-27-18)14-5-1-2-6-14/h3-4,7-8,14-15H,1-2,5-6,9-13H2,(H,21,26). The zero-order chi connectivity index (χ0) is 18.2. The van der Waals surface area contributed by atoms with Gasteiger partial charge in [-0.1, -0.05) is 30.1 Å². The van der Waals surface area contributed by atoms with Crippen molar-refractivity contribution < 1.29 is 4.52 Å². The quantitative estimate of drug-likeness (QED) is 0.766. The lowest BCUT2D eigenvalue weighted by atomic mass is 10.0. The van der Waals surface area contributed by atoms with E-state index in [1.54, 1.807) is 0 Å². The molecule has 1 saturated carbocycles. The zero-order valence-electron chi connectivity index (χ0n) is 15.4. The molecule has 0 unspecified atom stereocenters. The first-order valence-corrected chi connectivity index (χ1v) is 10.0. The van der Waals surface area contributed by atoms with Gasteiger partial charge in [0.2, 0.25) is 5.89 Å². The predicted octanol–water partition coefficient (Wildman–Crippen LogP) is 3.21. The molecule has 1 aliphatic heterocycles. The van der Waals surface area contributed by atoms with Crippen LogP contribution in [0.3, 0.4) is 0 Å². The lowest BCUT2D eigenvalue weighted by Crippen LogP contribution is -2.36. The molecule has 1 aromatic carbocycles. The van der Waals surface area contributed by atoms with Crippen LogP contribution in [0.4, 0.5) is 0 Å². The molecule has 1 N–H and O–H groups in total. The molecule has 2 aromatic heterocycles. The van der Waals surface area contributed by atoms with Crippen molar-refractivity contribution in [1.29, 1.82) is 0 Å². The molecule has 3 heterocycles. The number of piperidine rings is 1. The summed E-state index contributed by atoms with van der Waals surface area (Å²) in [5, 5.41) is 4.20. The number of benzene rings is 1. The second-order valence-corrected chi connectivity index (χ2v) is 7.85. The molecule has 1 saturated heterocycles. The molecular formula is C20H25N5O2. The fourth-order valence-corrected chi connectivity index (χ4v) is 4.65. The van der Waals surface area contributed by atoms with Gasteiger partial charge in [-0.2, -0.15) is 4.98 Å². The molecule has 27 heavy (non-hydrogen) atoms. The lowest BCUT2D eigenvalue weighted by Gasteiger charge is -2.31. The second-order valence-electron chi connectivity index (χ2n) is 7.85. The van der Waals surface area contributed by atoms with Crippen LogP contribution in [-0.4, -0.2) is 37.7 Å². The molecular weight excluding hydrogens is 342 g/mol. The Morgan fingerprint density at radius 3 is 2.70 bits per heavy atom. The van der Waals surface area contributed by atoms with E-state index in [0.29, 0.717) is 12.5 Å². The number of nitrogens with zero attached hydrogens (tertiary/aromatic N) is 4. The minimum Gasteiger partial charge on any atom is -0.338 e. The molecule has 7 heteroatoms. The lowest BCUT2D eigenvalue weighted by molar-refractivity contribution is 0.161. The summed E-state index contributed by atoms with van der Waals surface area (Å²) in [5.74, 6) is 2.10. The van der Waals surface area contributed by atoms with Crippen LogP contribution in [0.5, 0.6) is 0 Å². The van der Waals surface area contributed by atoms with Crippen molar-refractivity contribution in [3.63, 3.8) is 0 Å². The fraction of sp³-hybridized carbons (Fsp3) is 0.550. The molecule has 2 aliphatic rings. The first-order valence-electron chi connectivity index (χ1n) is 10.0. The second kappa shape index (κ2) is 6.96. The van der Waals surface area contributed by atoms with Gasteiger partial charge in [0.25, 0.3) is 0 Å². The third kappa shape index (κ3) is 3.20. The highest BCUT2D eigenvalue weighted by Gasteiger charge is 2.26. The van der Waals surface area contributed by atoms with Crippen LogP contribution in [0.25, 0.3) is 11.0 Å². The van der Waals surface area contributed by atoms with Crippen LogP contribution < -0.4 is 5.69 Å². The number of hydrogen-bond donors (Lipinski definition) is 1. The monoisotopic (exact) mass is 367 g/mol. The van der Waals surface area contributed by atoms with E-state index >= 15 is 0 Å². The van der Waals surface area contributed by atoms with Gasteiger partial charge in [-0.25, -0.2) is 4.79 Å². The molecule has 0 atom stereocenters. The molecule has 0 amide bonds. The van der Waals surface area contributed by atoms with Gasteiger partial charge in [-0.3, -0.25) is 9.47 Å². The van der Waals surface area contributed by atoms with Gasteiger partial charge in [-0.15, -0.1) is 0 Å². The Morgan fingerprint density at radius 1 is 1.11 bits per heavy atom. The zero-order valence-corrected chi connectivity index (χ0v) is 15.4. The summed E-state index contributed by atoms with van der Waals surface area (Å²) in [6.07, 6.45) is 6.81. The van der Waals surface area contributed by atoms with Crippen LogP contribution in [0, 0.1) is 0 Å². The van der Waals surface area contributed by atoms with Crippen molar-refractivity contribution in [2.75, 3.05) is 13.1 Å². The highest BCUT2D eigenvalue weighted by atomic mass is 16.5. The Labute approximate surface area is 157 Å². The molecule has 142 valence electrons. The molecule has 0 radical (unpaired) electrons. The van der Waals surface area contributed by atoms with Gasteiger partial charge < -0.3 is 9.51 Å². The first kappa shape index (κ1) is 16.7. The average molecular weight is 367 g/mol. The average Bonchev–Trinajstić information content (AvgIpc) is 3.41. The van der Waals surface area contributed by atoms with E-state index in [0.717, 1.165) is 48.7 Å². The number of imidazole rings is 1. The van der Waals surface area contributed by atoms with E-state index in [2.05, 4.69) is 20.0 Å². The van der Waals surface area contributed by atoms with Gasteiger partial charge in [-0.05, 0) is 37.8 Å². The first-order chi connectivity index (χ1) is 13.3. The smallest absolute Gasteiger partial charge is 0.326 e. The van der Waals surface area contributed by atoms with Crippen molar-refractivity contribution in [2.24, 2.45) is 0 Å². The van der Waals surface area contributed by atoms with Crippen LogP contribution in [0.1, 0.15) is 62.2 Å². The Balaban J connectivity index is 1.24. The summed E-state index contributed by atoms with van der Waals surface area (Å²) in [7, 11) is 0. The maximum Gasteiger partial charge on any atom is 0.326 e. The third-order valence-corrected chi connectivity index (χ3v) is 6.11. The third-order valence-electron chi connectivity index (χ3n) is 6.11. The normalized spacial score (nSPS) is 20.0. The number of aromatic nitrogens is 4. The summed E-state index contributed by atoms with van der Waals surface area (Å²) in [5.41, 5.74) is 1.90. The minimum atomic E-state index is -0.00671. The Hall–Kier alpha value is -2.41. The van der Waals surface area contributed by atoms with Crippen molar-refractivity contribution in [3.8, 4) is 0 Å². The molecule has 0 spiro atoms. The summed E-state index contributed by atoms with van der Waals surface area (Å²) < 4.78 is 7.42. The number of H-pyrrole nitrogens is 1. The van der Waals surface area contributed by atoms with Crippen molar-refractivity contribution in [2.45, 2.75) is 57.0 Å². The Kier molecular flexibility index (Phi) is 4.32. The number of fused-ring (bicyclic) bond motifs is 1. The van der Waals surface area contributed by atoms with Gasteiger partial charge >= 0.3 is 5.69 Å². The molecule has 3 aromatic rings. The summed E-state index contributed by atoms with van der Waals surface area (Å²) >= 11 is 0. The predicted molar refractivity (Wildman–Crippen MR) is 102 cm³/mol. The van der Waals surface area contributed by atoms with Crippen LogP contribution in [-0.2, 0) is 6.54 Å². The number of hydrogen-bond acceptors (Lipinski definition) is 5. The van der Waals surface area contributed by atoms with Gasteiger partial charge in [0.15, 0.2) is 5.82 Å². The Bertz CT molecular complexity index is 974. The molecule has 5 rings (SSSR count). The van der Waals surface area contributed by atoms with Gasteiger partial charge in [0, 0.05) is 25.0 Å². The largest absolute Gasteiger partial charge is 0.338 e. The van der Waals surface area contributed by atoms with Crippen molar-refractivity contribution >= 4 is 11.0 Å². The van der Waals surface area contributed by atoms with E-state index in [4.69, 9.17) is 4.52 Å². The van der Waals surface area contributed by atoms with Crippen molar-refractivity contribution in [1.82, 2.24) is 24.6 Å². The van der Waals surface area contributed by atoms with Crippen LogP contribution >= 0.6 is 0 Å². The van der Waals surface area contributed by atoms with Gasteiger partial charge in [0.1, 0.15) is 0 Å². The van der Waals surface area contributed by atoms with E-state index < -0.39 is 0 Å². The van der Waals surface area contributed by atoms with E-state index in [-0.39, 0.29) is 11.7 Å². The number of nitrogens with one attached hydrogen (secondary N) is 1. The summed E-state index contributed by atoms with van der Waals surface area (Å²) in [6.45, 7) is 2.56. The Morgan fingerprint density at radius 2 is 1.89 bits per heavy atom. The SMILES string of the molecule is O=c1[nH]c2ccccc2n1C1CCN(Cc2nc(C3CCCC3)no2)CC1. The fourth-order valence-electron chi connectivity index (χ4n) is 4.65. The highest BCUT2D eigenvalue weighted by molar-refractivity contribution is 5.75. The van der Waals surface area contributed by atoms with E-state index in [1.807, 2.05) is 28.8 Å². The topological polar surface area (TPSA) is 80.0 Å². The minimum absolute atomic E-state index is 0.00671. The number of para-hydroxylation sites is 2. The summed E-state index contributed by atoms with van der Waals surface area (Å²) in [6, 6.07) is 8.15. The van der Waals surface area contributed by atoms with Gasteiger partial charge in [0.05, 0.1) is 17.6 Å². The van der Waals surface area contributed by atoms with E-state index in [1.165, 1.54) is 25.7 Å². The van der Waals surface area contributed by atoms with Crippen LogP contribution in [0.15, 0.2) is 33.6 Å². The van der Waals surface area contributed by atoms with Crippen molar-refractivity contribution in [3.05, 3.63) is 46.5 Å². The maximum atomic E-state index is 12.4. The maximum absolute atomic E-state index is 12.4. The van der Waals surface area contributed by atoms with E-state index in [9.17, 15) is 4.79 Å². The molecule has 7 nitrogen and oxygen atoms in total. The summed E-state index contributed by atoms with van der Waals surface area (Å²) in [4.78, 5) is 22.3. The molecule has 0 bridgehead atoms. The number of likely N-dealkylation sites (tertiary alicyclic amines) is 1. The van der Waals surface area contributed by atoms with Crippen LogP contribution in [0.2, 0.25) is 0 Å². The highest BCUT2D eigenvalue weighted by Crippen LogP contribution is 2.32. The molecule has 1 aliphatic carbocycles. The molecule has 2 fully saturated rings.